The lowest BCUT2D eigenvalue weighted by Crippen LogP contribution is -2.11. The molecule has 0 fully saturated rings. The first-order valence-electron chi connectivity index (χ1n) is 18.5. The van der Waals surface area contributed by atoms with E-state index in [0.29, 0.717) is 0 Å². The monoisotopic (exact) mass is 689 g/mol. The van der Waals surface area contributed by atoms with E-state index in [1.54, 1.807) is 0 Å². The summed E-state index contributed by atoms with van der Waals surface area (Å²) in [5, 5.41) is 1.05. The number of hydrogen-bond acceptors (Lipinski definition) is 3. The predicted molar refractivity (Wildman–Crippen MR) is 224 cm³/mol. The lowest BCUT2D eigenvalue weighted by atomic mass is 9.99. The molecular formula is C51H35N3. The van der Waals surface area contributed by atoms with E-state index in [0.717, 1.165) is 51.3 Å². The summed E-state index contributed by atoms with van der Waals surface area (Å²) in [4.78, 5) is 12.7. The summed E-state index contributed by atoms with van der Waals surface area (Å²) in [7, 11) is 0. The van der Waals surface area contributed by atoms with Crippen molar-refractivity contribution in [2.45, 2.75) is 6.42 Å². The van der Waals surface area contributed by atoms with Crippen LogP contribution in [-0.2, 0) is 6.42 Å². The Labute approximate surface area is 315 Å². The van der Waals surface area contributed by atoms with E-state index >= 15 is 0 Å². The van der Waals surface area contributed by atoms with Gasteiger partial charge in [0, 0.05) is 33.5 Å². The first kappa shape index (κ1) is 31.6. The Bertz CT molecular complexity index is 2760. The summed E-state index contributed by atoms with van der Waals surface area (Å²) in [5.41, 5.74) is 17.3. The maximum absolute atomic E-state index is 5.25. The molecule has 0 bridgehead atoms. The van der Waals surface area contributed by atoms with Crippen molar-refractivity contribution in [2.24, 2.45) is 0 Å². The van der Waals surface area contributed by atoms with Gasteiger partial charge in [-0.3, -0.25) is 0 Å². The van der Waals surface area contributed by atoms with Crippen molar-refractivity contribution in [2.75, 3.05) is 4.90 Å². The molecule has 0 saturated heterocycles. The Morgan fingerprint density at radius 2 is 0.944 bits per heavy atom. The molecule has 0 spiro atoms. The van der Waals surface area contributed by atoms with Gasteiger partial charge in [0.25, 0.3) is 0 Å². The van der Waals surface area contributed by atoms with Gasteiger partial charge in [0.05, 0.1) is 16.9 Å². The van der Waals surface area contributed by atoms with Crippen molar-refractivity contribution < 1.29 is 0 Å². The number of fused-ring (bicyclic) bond motifs is 4. The minimum Gasteiger partial charge on any atom is -0.310 e. The number of para-hydroxylation sites is 2. The maximum atomic E-state index is 5.25. The quantitative estimate of drug-likeness (QED) is 0.167. The van der Waals surface area contributed by atoms with Crippen molar-refractivity contribution >= 4 is 28.0 Å². The Balaban J connectivity index is 1.04. The number of benzene rings is 8. The summed E-state index contributed by atoms with van der Waals surface area (Å²) in [6.07, 6.45) is 0.851. The maximum Gasteiger partial charge on any atom is 0.160 e. The summed E-state index contributed by atoms with van der Waals surface area (Å²) >= 11 is 0. The fourth-order valence-electron chi connectivity index (χ4n) is 7.87. The Hall–Kier alpha value is -7.10. The van der Waals surface area contributed by atoms with E-state index < -0.39 is 0 Å². The van der Waals surface area contributed by atoms with E-state index in [-0.39, 0.29) is 0 Å². The molecule has 0 saturated carbocycles. The molecular weight excluding hydrogens is 655 g/mol. The molecule has 1 aliphatic carbocycles. The van der Waals surface area contributed by atoms with Crippen LogP contribution in [0.5, 0.6) is 0 Å². The molecule has 54 heavy (non-hydrogen) atoms. The second-order valence-corrected chi connectivity index (χ2v) is 13.8. The third-order valence-electron chi connectivity index (χ3n) is 10.5. The van der Waals surface area contributed by atoms with Crippen LogP contribution in [0.2, 0.25) is 0 Å². The van der Waals surface area contributed by atoms with Gasteiger partial charge in [0.15, 0.2) is 5.82 Å². The third-order valence-corrected chi connectivity index (χ3v) is 10.5. The van der Waals surface area contributed by atoms with Gasteiger partial charge in [-0.2, -0.15) is 0 Å². The molecule has 1 aliphatic rings. The SMILES string of the molecule is c1ccc(-c2ccc(-c3nc(-c4ccc5c(c4)Cc4cccc(N(c6ccccc6)c6ccc(-c7ccccc7)cc6)c4-5)nc4ccccc34)cc2)cc1. The number of anilines is 3. The summed E-state index contributed by atoms with van der Waals surface area (Å²) in [6, 6.07) is 71.1. The zero-order valence-electron chi connectivity index (χ0n) is 29.6. The van der Waals surface area contributed by atoms with Gasteiger partial charge in [-0.25, -0.2) is 9.97 Å². The largest absolute Gasteiger partial charge is 0.310 e. The van der Waals surface area contributed by atoms with Gasteiger partial charge in [-0.1, -0.05) is 158 Å². The normalized spacial score (nSPS) is 11.6. The summed E-state index contributed by atoms with van der Waals surface area (Å²) in [5.74, 6) is 0.735. The van der Waals surface area contributed by atoms with Gasteiger partial charge >= 0.3 is 0 Å². The van der Waals surface area contributed by atoms with Gasteiger partial charge in [0.2, 0.25) is 0 Å². The van der Waals surface area contributed by atoms with Crippen LogP contribution in [-0.4, -0.2) is 9.97 Å². The standard InChI is InChI=1S/C51H35N3/c1-4-13-35(14-5-1)37-23-25-39(26-24-37)50-46-20-10-11-21-47(46)52-51(53-50)41-29-32-45-42(34-41)33-40-17-12-22-48(49(40)45)54(43-18-8-3-9-19-43)44-30-27-38(28-31-44)36-15-6-2-7-16-36/h1-32,34H,33H2. The van der Waals surface area contributed by atoms with Crippen LogP contribution in [0.25, 0.3) is 66.9 Å². The topological polar surface area (TPSA) is 29.0 Å². The fourth-order valence-corrected chi connectivity index (χ4v) is 7.87. The van der Waals surface area contributed by atoms with Crippen LogP contribution >= 0.6 is 0 Å². The summed E-state index contributed by atoms with van der Waals surface area (Å²) < 4.78 is 0. The first-order chi connectivity index (χ1) is 26.8. The number of hydrogen-bond donors (Lipinski definition) is 0. The highest BCUT2D eigenvalue weighted by molar-refractivity contribution is 5.96. The molecule has 1 aromatic heterocycles. The second-order valence-electron chi connectivity index (χ2n) is 13.8. The lowest BCUT2D eigenvalue weighted by molar-refractivity contribution is 1.21. The van der Waals surface area contributed by atoms with E-state index in [4.69, 9.17) is 9.97 Å². The van der Waals surface area contributed by atoms with Crippen LogP contribution in [0.1, 0.15) is 11.1 Å². The second kappa shape index (κ2) is 13.5. The molecule has 8 aromatic carbocycles. The van der Waals surface area contributed by atoms with E-state index in [9.17, 15) is 0 Å². The molecule has 0 aliphatic heterocycles. The molecule has 10 rings (SSSR count). The number of rotatable bonds is 7. The van der Waals surface area contributed by atoms with Crippen LogP contribution in [0.3, 0.4) is 0 Å². The lowest BCUT2D eigenvalue weighted by Gasteiger charge is -2.28. The van der Waals surface area contributed by atoms with Gasteiger partial charge in [-0.15, -0.1) is 0 Å². The molecule has 9 aromatic rings. The van der Waals surface area contributed by atoms with E-state index in [2.05, 4.69) is 205 Å². The average molecular weight is 690 g/mol. The Morgan fingerprint density at radius 1 is 0.389 bits per heavy atom. The predicted octanol–water partition coefficient (Wildman–Crippen LogP) is 13.3. The van der Waals surface area contributed by atoms with E-state index in [1.807, 2.05) is 0 Å². The van der Waals surface area contributed by atoms with Crippen molar-refractivity contribution in [1.82, 2.24) is 9.97 Å². The number of nitrogens with zero attached hydrogens (tertiary/aromatic N) is 3. The molecule has 1 heterocycles. The molecule has 3 heteroatoms. The van der Waals surface area contributed by atoms with Crippen molar-refractivity contribution in [3.05, 3.63) is 211 Å². The zero-order chi connectivity index (χ0) is 35.8. The fraction of sp³-hybridized carbons (Fsp3) is 0.0196. The third kappa shape index (κ3) is 5.73. The van der Waals surface area contributed by atoms with Crippen LogP contribution in [0.15, 0.2) is 200 Å². The molecule has 0 radical (unpaired) electrons. The van der Waals surface area contributed by atoms with Crippen LogP contribution in [0.4, 0.5) is 17.1 Å². The molecule has 0 atom stereocenters. The van der Waals surface area contributed by atoms with Crippen LogP contribution < -0.4 is 4.90 Å². The minimum absolute atomic E-state index is 0.735. The Morgan fingerprint density at radius 3 is 1.65 bits per heavy atom. The Kier molecular flexibility index (Phi) is 7.88. The average Bonchev–Trinajstić information content (AvgIpc) is 3.63. The highest BCUT2D eigenvalue weighted by atomic mass is 15.1. The molecule has 254 valence electrons. The van der Waals surface area contributed by atoms with Crippen molar-refractivity contribution in [1.29, 1.82) is 0 Å². The minimum atomic E-state index is 0.735. The van der Waals surface area contributed by atoms with Gasteiger partial charge in [-0.05, 0) is 87.8 Å². The zero-order valence-corrected chi connectivity index (χ0v) is 29.6. The van der Waals surface area contributed by atoms with E-state index in [1.165, 1.54) is 50.2 Å². The molecule has 0 amide bonds. The van der Waals surface area contributed by atoms with Crippen LogP contribution in [0, 0.1) is 0 Å². The molecule has 3 nitrogen and oxygen atoms in total. The molecule has 0 N–H and O–H groups in total. The highest BCUT2D eigenvalue weighted by Crippen LogP contribution is 2.48. The smallest absolute Gasteiger partial charge is 0.160 e. The highest BCUT2D eigenvalue weighted by Gasteiger charge is 2.26. The van der Waals surface area contributed by atoms with Crippen molar-refractivity contribution in [3.63, 3.8) is 0 Å². The number of aromatic nitrogens is 2. The van der Waals surface area contributed by atoms with Gasteiger partial charge < -0.3 is 4.90 Å². The first-order valence-corrected chi connectivity index (χ1v) is 18.5. The van der Waals surface area contributed by atoms with Crippen molar-refractivity contribution in [3.8, 4) is 56.0 Å². The summed E-state index contributed by atoms with van der Waals surface area (Å²) in [6.45, 7) is 0. The van der Waals surface area contributed by atoms with Gasteiger partial charge in [0.1, 0.15) is 0 Å². The molecule has 0 unspecified atom stereocenters.